The second-order valence-electron chi connectivity index (χ2n) is 5.15. The van der Waals surface area contributed by atoms with Crippen molar-refractivity contribution in [2.24, 2.45) is 5.92 Å². The van der Waals surface area contributed by atoms with E-state index in [1.165, 1.54) is 12.1 Å². The van der Waals surface area contributed by atoms with Crippen molar-refractivity contribution in [1.29, 1.82) is 0 Å². The summed E-state index contributed by atoms with van der Waals surface area (Å²) in [5.74, 6) is -0.219. The van der Waals surface area contributed by atoms with Crippen LogP contribution < -0.4 is 10.5 Å². The smallest absolute Gasteiger partial charge is 0.242 e. The molecule has 1 atom stereocenters. The van der Waals surface area contributed by atoms with Gasteiger partial charge in [0.1, 0.15) is 10.7 Å². The highest BCUT2D eigenvalue weighted by Gasteiger charge is 2.21. The fourth-order valence-electron chi connectivity index (χ4n) is 1.72. The van der Waals surface area contributed by atoms with E-state index in [0.717, 1.165) is 18.9 Å². The van der Waals surface area contributed by atoms with Gasteiger partial charge in [-0.25, -0.2) is 17.5 Å². The maximum absolute atomic E-state index is 13.3. The molecule has 1 aromatic rings. The third kappa shape index (κ3) is 4.47. The Balaban J connectivity index is 2.84. The fraction of sp³-hybridized carbons (Fsp3) is 0.538. The van der Waals surface area contributed by atoms with Gasteiger partial charge in [-0.15, -0.1) is 0 Å². The molecule has 0 aliphatic rings. The normalized spacial score (nSPS) is 13.7. The highest BCUT2D eigenvalue weighted by molar-refractivity contribution is 7.89. The lowest BCUT2D eigenvalue weighted by Gasteiger charge is -2.16. The number of sulfonamides is 1. The summed E-state index contributed by atoms with van der Waals surface area (Å²) < 4.78 is 40.0. The summed E-state index contributed by atoms with van der Waals surface area (Å²) in [6.45, 7) is 5.94. The summed E-state index contributed by atoms with van der Waals surface area (Å²) in [4.78, 5) is -0.205. The Morgan fingerprint density at radius 1 is 1.26 bits per heavy atom. The minimum Gasteiger partial charge on any atom is -0.395 e. The average Bonchev–Trinajstić information content (AvgIpc) is 2.29. The van der Waals surface area contributed by atoms with Crippen LogP contribution >= 0.6 is 0 Å². The molecule has 0 amide bonds. The van der Waals surface area contributed by atoms with Crippen molar-refractivity contribution >= 4 is 15.7 Å². The minimum atomic E-state index is -3.78. The molecule has 1 unspecified atom stereocenters. The maximum Gasteiger partial charge on any atom is 0.242 e. The Kier molecular flexibility index (Phi) is 5.31. The molecule has 1 aromatic carbocycles. The molecule has 0 aliphatic heterocycles. The summed E-state index contributed by atoms with van der Waals surface area (Å²) in [5, 5.41) is 0. The van der Waals surface area contributed by atoms with E-state index in [9.17, 15) is 12.8 Å². The first kappa shape index (κ1) is 15.9. The zero-order valence-electron chi connectivity index (χ0n) is 11.5. The van der Waals surface area contributed by atoms with Crippen molar-refractivity contribution in [3.8, 4) is 0 Å². The lowest BCUT2D eigenvalue weighted by molar-refractivity contribution is 0.485. The molecule has 0 heterocycles. The van der Waals surface area contributed by atoms with Gasteiger partial charge < -0.3 is 5.73 Å². The number of hydrogen-bond donors (Lipinski definition) is 2. The number of nitrogens with two attached hydrogens (primary N) is 1. The van der Waals surface area contributed by atoms with Gasteiger partial charge >= 0.3 is 0 Å². The van der Waals surface area contributed by atoms with E-state index in [0.29, 0.717) is 5.92 Å². The van der Waals surface area contributed by atoms with Gasteiger partial charge in [0.05, 0.1) is 5.69 Å². The van der Waals surface area contributed by atoms with E-state index in [1.54, 1.807) is 6.92 Å². The van der Waals surface area contributed by atoms with Crippen molar-refractivity contribution in [3.63, 3.8) is 0 Å². The molecule has 0 radical (unpaired) electrons. The van der Waals surface area contributed by atoms with Crippen LogP contribution in [-0.2, 0) is 10.0 Å². The molecule has 0 aliphatic carbocycles. The number of halogens is 1. The zero-order chi connectivity index (χ0) is 14.6. The third-order valence-electron chi connectivity index (χ3n) is 2.84. The van der Waals surface area contributed by atoms with Gasteiger partial charge in [0.2, 0.25) is 10.0 Å². The van der Waals surface area contributed by atoms with Gasteiger partial charge in [0, 0.05) is 6.04 Å². The Labute approximate surface area is 114 Å². The molecule has 6 heteroatoms. The van der Waals surface area contributed by atoms with Crippen LogP contribution in [0.5, 0.6) is 0 Å². The van der Waals surface area contributed by atoms with E-state index in [1.807, 2.05) is 0 Å². The third-order valence-corrected chi connectivity index (χ3v) is 4.48. The minimum absolute atomic E-state index is 0.205. The van der Waals surface area contributed by atoms with Crippen LogP contribution in [0.3, 0.4) is 0 Å². The standard InChI is InChI=1S/C13H21FN2O2S/c1-9(2)7-8-10(3)16-19(17,18)12-6-4-5-11(14)13(12)15/h4-6,9-10,16H,7-8,15H2,1-3H3. The van der Waals surface area contributed by atoms with E-state index in [-0.39, 0.29) is 16.6 Å². The quantitative estimate of drug-likeness (QED) is 0.790. The highest BCUT2D eigenvalue weighted by Crippen LogP contribution is 2.21. The number of nitrogen functional groups attached to an aromatic ring is 1. The fourth-order valence-corrected chi connectivity index (χ4v) is 3.14. The summed E-state index contributed by atoms with van der Waals surface area (Å²) in [6.07, 6.45) is 1.65. The first-order chi connectivity index (χ1) is 8.74. The van der Waals surface area contributed by atoms with Crippen LogP contribution in [0.15, 0.2) is 23.1 Å². The van der Waals surface area contributed by atoms with Crippen molar-refractivity contribution < 1.29 is 12.8 Å². The molecule has 108 valence electrons. The van der Waals surface area contributed by atoms with Crippen LogP contribution in [0, 0.1) is 11.7 Å². The molecular formula is C13H21FN2O2S. The SMILES string of the molecule is CC(C)CCC(C)NS(=O)(=O)c1cccc(F)c1N. The van der Waals surface area contributed by atoms with E-state index >= 15 is 0 Å². The van der Waals surface area contributed by atoms with Gasteiger partial charge in [-0.3, -0.25) is 0 Å². The predicted octanol–water partition coefficient (Wildman–Crippen LogP) is 2.51. The van der Waals surface area contributed by atoms with Crippen molar-refractivity contribution in [2.75, 3.05) is 5.73 Å². The number of nitrogens with one attached hydrogen (secondary N) is 1. The first-order valence-electron chi connectivity index (χ1n) is 6.30. The number of anilines is 1. The number of benzene rings is 1. The molecule has 19 heavy (non-hydrogen) atoms. The van der Waals surface area contributed by atoms with Gasteiger partial charge in [0.25, 0.3) is 0 Å². The molecule has 4 nitrogen and oxygen atoms in total. The molecule has 0 saturated carbocycles. The summed E-state index contributed by atoms with van der Waals surface area (Å²) >= 11 is 0. The van der Waals surface area contributed by atoms with E-state index in [4.69, 9.17) is 5.73 Å². The molecule has 0 aromatic heterocycles. The lowest BCUT2D eigenvalue weighted by atomic mass is 10.1. The van der Waals surface area contributed by atoms with Gasteiger partial charge in [-0.05, 0) is 37.8 Å². The topological polar surface area (TPSA) is 72.2 Å². The monoisotopic (exact) mass is 288 g/mol. The summed E-state index contributed by atoms with van der Waals surface area (Å²) in [5.41, 5.74) is 5.13. The van der Waals surface area contributed by atoms with Crippen LogP contribution in [0.1, 0.15) is 33.6 Å². The molecule has 3 N–H and O–H groups in total. The van der Waals surface area contributed by atoms with E-state index in [2.05, 4.69) is 18.6 Å². The van der Waals surface area contributed by atoms with Crippen LogP contribution in [0.4, 0.5) is 10.1 Å². The van der Waals surface area contributed by atoms with E-state index < -0.39 is 15.8 Å². The van der Waals surface area contributed by atoms with Gasteiger partial charge in [-0.2, -0.15) is 0 Å². The molecule has 0 fully saturated rings. The number of hydrogen-bond acceptors (Lipinski definition) is 3. The molecular weight excluding hydrogens is 267 g/mol. The Hall–Kier alpha value is -1.14. The highest BCUT2D eigenvalue weighted by atomic mass is 32.2. The van der Waals surface area contributed by atoms with Crippen LogP contribution in [0.25, 0.3) is 0 Å². The molecule has 1 rings (SSSR count). The van der Waals surface area contributed by atoms with Gasteiger partial charge in [-0.1, -0.05) is 19.9 Å². The summed E-state index contributed by atoms with van der Waals surface area (Å²) in [6, 6.07) is 3.56. The zero-order valence-corrected chi connectivity index (χ0v) is 12.3. The summed E-state index contributed by atoms with van der Waals surface area (Å²) in [7, 11) is -3.78. The van der Waals surface area contributed by atoms with Crippen LogP contribution in [0.2, 0.25) is 0 Å². The number of para-hydroxylation sites is 1. The largest absolute Gasteiger partial charge is 0.395 e. The number of rotatable bonds is 6. The van der Waals surface area contributed by atoms with Gasteiger partial charge in [0.15, 0.2) is 0 Å². The maximum atomic E-state index is 13.3. The Morgan fingerprint density at radius 2 is 1.89 bits per heavy atom. The average molecular weight is 288 g/mol. The molecule has 0 bridgehead atoms. The molecule has 0 spiro atoms. The van der Waals surface area contributed by atoms with Crippen LogP contribution in [-0.4, -0.2) is 14.5 Å². The Morgan fingerprint density at radius 3 is 2.47 bits per heavy atom. The second kappa shape index (κ2) is 6.34. The second-order valence-corrected chi connectivity index (χ2v) is 6.83. The predicted molar refractivity (Wildman–Crippen MR) is 74.7 cm³/mol. The van der Waals surface area contributed by atoms with Crippen molar-refractivity contribution in [3.05, 3.63) is 24.0 Å². The molecule has 0 saturated heterocycles. The first-order valence-corrected chi connectivity index (χ1v) is 7.78. The van der Waals surface area contributed by atoms with Crippen molar-refractivity contribution in [1.82, 2.24) is 4.72 Å². The van der Waals surface area contributed by atoms with Crippen molar-refractivity contribution in [2.45, 2.75) is 44.6 Å². The lowest BCUT2D eigenvalue weighted by Crippen LogP contribution is -2.33. The Bertz CT molecular complexity index is 529.